The summed E-state index contributed by atoms with van der Waals surface area (Å²) >= 11 is 0. The molecule has 0 aromatic heterocycles. The molecule has 6 N–H and O–H groups in total. The Kier molecular flexibility index (Phi) is 150. The van der Waals surface area contributed by atoms with E-state index in [9.17, 15) is 0 Å². The molecule has 0 heterocycles. The monoisotopic (exact) mass is 1120 g/mol. The predicted octanol–water partition coefficient (Wildman–Crippen LogP) is -1.26. The fourth-order valence-electron chi connectivity index (χ4n) is 3.17. The van der Waals surface area contributed by atoms with Crippen molar-refractivity contribution in [2.24, 2.45) is 0 Å². The van der Waals surface area contributed by atoms with Crippen LogP contribution in [0.1, 0.15) is 0 Å². The minimum Gasteiger partial charge on any atom is -0.394 e. The van der Waals surface area contributed by atoms with Crippen molar-refractivity contribution < 1.29 is 130 Å². The number of aliphatic hydroxyl groups is 6. The number of aliphatic hydroxyl groups excluding tert-OH is 6. The minimum absolute atomic E-state index is 0.0278. The van der Waals surface area contributed by atoms with Crippen LogP contribution in [0.15, 0.2) is 0 Å². The molecule has 0 radical (unpaired) electrons. The first kappa shape index (κ1) is 93.3. The molecule has 27 nitrogen and oxygen atoms in total. The largest absolute Gasteiger partial charge is 0.394 e. The highest BCUT2D eigenvalue weighted by atomic mass is 16.6. The standard InChI is InChI=1S/C10H22O5.C8H18O5.C8H18O4.C6H14O4.C6H14O3.C4H10O3.3C2H6O/c1-11-3-5-13-7-9-15-10-8-14-6-4-12-2;9-1-3-11-5-7-13-8-6-12-4-2-10;1-9-3-5-11-7-8-12-6-4-10-2;7-1-3-9-5-6-10-4-2-8;1-7-3-5-9-6-4-8-2;5-1-3-7-4-2-6;3*1-3-2/h3-10H2,1-2H3;9-10H,1-8H2;3-8H2,1-2H3;7-8H,1-6H2;3-6H2,1-2H3;5-6H,1-4H2;3*1-2H3. The van der Waals surface area contributed by atoms with E-state index in [1.54, 1.807) is 85.3 Å². The SMILES string of the molecule is COC.COC.COC.COCCOCCOC.COCCOCCOCCOC.COCCOCCOCCOCCOC.OCCOCCO.OCCOCCOCCO.OCCOCCOCCOCCO. The van der Waals surface area contributed by atoms with Gasteiger partial charge < -0.3 is 130 Å². The van der Waals surface area contributed by atoms with Gasteiger partial charge in [0.1, 0.15) is 0 Å². The van der Waals surface area contributed by atoms with E-state index in [2.05, 4.69) is 18.9 Å². The lowest BCUT2D eigenvalue weighted by Gasteiger charge is -2.06. The van der Waals surface area contributed by atoms with Crippen LogP contribution < -0.4 is 0 Å². The van der Waals surface area contributed by atoms with Crippen LogP contribution in [0.4, 0.5) is 0 Å². The summed E-state index contributed by atoms with van der Waals surface area (Å²) in [5.74, 6) is 0. The molecule has 75 heavy (non-hydrogen) atoms. The molecule has 0 aromatic carbocycles. The summed E-state index contributed by atoms with van der Waals surface area (Å²) in [5.41, 5.74) is 0. The number of rotatable bonds is 48. The van der Waals surface area contributed by atoms with Gasteiger partial charge in [-0.25, -0.2) is 0 Å². The zero-order valence-corrected chi connectivity index (χ0v) is 48.7. The van der Waals surface area contributed by atoms with Crippen LogP contribution in [-0.4, -0.2) is 354 Å². The van der Waals surface area contributed by atoms with Crippen molar-refractivity contribution >= 4 is 0 Å². The minimum atomic E-state index is 0.0278. The van der Waals surface area contributed by atoms with E-state index >= 15 is 0 Å². The lowest BCUT2D eigenvalue weighted by atomic mass is 10.7. The van der Waals surface area contributed by atoms with Gasteiger partial charge in [0.25, 0.3) is 0 Å². The average molecular weight is 1120 g/mol. The Morgan fingerprint density at radius 2 is 0.227 bits per heavy atom. The van der Waals surface area contributed by atoms with Crippen LogP contribution in [-0.2, 0) is 99.5 Å². The molecule has 0 atom stereocenters. The zero-order chi connectivity index (χ0) is 58.3. The molecule has 0 saturated carbocycles. The van der Waals surface area contributed by atoms with Crippen molar-refractivity contribution in [3.63, 3.8) is 0 Å². The van der Waals surface area contributed by atoms with Crippen molar-refractivity contribution in [3.05, 3.63) is 0 Å². The lowest BCUT2D eigenvalue weighted by Crippen LogP contribution is -2.12. The smallest absolute Gasteiger partial charge is 0.0701 e. The first-order valence-electron chi connectivity index (χ1n) is 24.5. The van der Waals surface area contributed by atoms with E-state index in [-0.39, 0.29) is 39.6 Å². The van der Waals surface area contributed by atoms with Gasteiger partial charge >= 0.3 is 0 Å². The first-order chi connectivity index (χ1) is 36.7. The topological polar surface area (TPSA) is 315 Å². The molecule has 0 aliphatic rings. The second kappa shape index (κ2) is 121. The van der Waals surface area contributed by atoms with E-state index in [1.807, 2.05) is 0 Å². The van der Waals surface area contributed by atoms with Gasteiger partial charge in [-0.1, -0.05) is 0 Å². The van der Waals surface area contributed by atoms with Gasteiger partial charge in [-0.3, -0.25) is 0 Å². The van der Waals surface area contributed by atoms with Crippen LogP contribution in [0.25, 0.3) is 0 Å². The summed E-state index contributed by atoms with van der Waals surface area (Å²) in [7, 11) is 19.7. The maximum absolute atomic E-state index is 8.36. The van der Waals surface area contributed by atoms with Crippen LogP contribution in [0.3, 0.4) is 0 Å². The Balaban J connectivity index is -0.0000000974. The summed E-state index contributed by atoms with van der Waals surface area (Å²) in [5, 5.41) is 49.4. The molecule has 0 aliphatic carbocycles. The Bertz CT molecular complexity index is 681. The van der Waals surface area contributed by atoms with Gasteiger partial charge in [0.05, 0.1) is 238 Å². The molecular formula is C48H114O27. The number of ether oxygens (including phenoxy) is 21. The highest BCUT2D eigenvalue weighted by Gasteiger charge is 1.93. The third kappa shape index (κ3) is 167. The van der Waals surface area contributed by atoms with E-state index < -0.39 is 0 Å². The van der Waals surface area contributed by atoms with Crippen molar-refractivity contribution in [1.82, 2.24) is 0 Å². The second-order valence-electron chi connectivity index (χ2n) is 12.9. The molecule has 0 rings (SSSR count). The summed E-state index contributed by atoms with van der Waals surface area (Å²) in [4.78, 5) is 0. The van der Waals surface area contributed by atoms with Crippen LogP contribution in [0.2, 0.25) is 0 Å². The van der Waals surface area contributed by atoms with Gasteiger partial charge in [0.15, 0.2) is 0 Å². The summed E-state index contributed by atoms with van der Waals surface area (Å²) in [6.07, 6.45) is 0. The summed E-state index contributed by atoms with van der Waals surface area (Å²) in [6, 6.07) is 0. The van der Waals surface area contributed by atoms with Gasteiger partial charge in [-0.15, -0.1) is 0 Å². The molecule has 468 valence electrons. The first-order valence-corrected chi connectivity index (χ1v) is 24.5. The molecule has 0 unspecified atom stereocenters. The Morgan fingerprint density at radius 1 is 0.147 bits per heavy atom. The van der Waals surface area contributed by atoms with Crippen molar-refractivity contribution in [2.75, 3.05) is 323 Å². The van der Waals surface area contributed by atoms with Crippen LogP contribution in [0.5, 0.6) is 0 Å². The molecule has 0 fully saturated rings. The summed E-state index contributed by atoms with van der Waals surface area (Å²) in [6.45, 7) is 16.4. The fraction of sp³-hybridized carbons (Fsp3) is 1.00. The molecular weight excluding hydrogens is 1010 g/mol. The van der Waals surface area contributed by atoms with E-state index in [4.69, 9.17) is 111 Å². The maximum atomic E-state index is 8.36. The van der Waals surface area contributed by atoms with Gasteiger partial charge in [0.2, 0.25) is 0 Å². The average Bonchev–Trinajstić information content (AvgIpc) is 3.41. The second-order valence-corrected chi connectivity index (χ2v) is 12.9. The Hall–Kier alpha value is -1.08. The van der Waals surface area contributed by atoms with Crippen molar-refractivity contribution in [2.45, 2.75) is 0 Å². The fourth-order valence-corrected chi connectivity index (χ4v) is 3.17. The molecule has 0 aromatic rings. The van der Waals surface area contributed by atoms with Gasteiger partial charge in [-0.05, 0) is 0 Å². The lowest BCUT2D eigenvalue weighted by molar-refractivity contribution is -0.00380. The molecule has 0 bridgehead atoms. The summed E-state index contributed by atoms with van der Waals surface area (Å²) < 4.78 is 102. The van der Waals surface area contributed by atoms with E-state index in [0.29, 0.717) is 198 Å². The van der Waals surface area contributed by atoms with Crippen molar-refractivity contribution in [1.29, 1.82) is 0 Å². The molecule has 0 spiro atoms. The Labute approximate surface area is 452 Å². The number of hydrogen-bond acceptors (Lipinski definition) is 27. The van der Waals surface area contributed by atoms with Gasteiger partial charge in [0, 0.05) is 85.3 Å². The number of hydrogen-bond donors (Lipinski definition) is 6. The van der Waals surface area contributed by atoms with Crippen LogP contribution in [0, 0.1) is 0 Å². The number of methoxy groups -OCH3 is 9. The molecule has 0 saturated heterocycles. The third-order valence-corrected chi connectivity index (χ3v) is 6.24. The third-order valence-electron chi connectivity index (χ3n) is 6.24. The quantitative estimate of drug-likeness (QED) is 0.0387. The predicted molar refractivity (Wildman–Crippen MR) is 282 cm³/mol. The van der Waals surface area contributed by atoms with E-state index in [0.717, 1.165) is 0 Å². The van der Waals surface area contributed by atoms with E-state index in [1.165, 1.54) is 0 Å². The molecule has 0 amide bonds. The maximum Gasteiger partial charge on any atom is 0.0701 e. The highest BCUT2D eigenvalue weighted by molar-refractivity contribution is 4.36. The highest BCUT2D eigenvalue weighted by Crippen LogP contribution is 1.84. The molecule has 27 heteroatoms. The van der Waals surface area contributed by atoms with Crippen LogP contribution >= 0.6 is 0 Å². The zero-order valence-electron chi connectivity index (χ0n) is 48.7. The molecule has 0 aliphatic heterocycles. The van der Waals surface area contributed by atoms with Gasteiger partial charge in [-0.2, -0.15) is 0 Å². The Morgan fingerprint density at radius 3 is 0.320 bits per heavy atom. The normalized spacial score (nSPS) is 9.84. The van der Waals surface area contributed by atoms with Crippen molar-refractivity contribution in [3.8, 4) is 0 Å².